The number of carbonyl (C=O) groups excluding carboxylic acids is 6. The second-order valence-electron chi connectivity index (χ2n) is 17.9. The molecule has 0 bridgehead atoms. The molecule has 0 radical (unpaired) electrons. The number of unbranched alkanes of at least 4 members (excludes halogenated alkanes) is 5. The summed E-state index contributed by atoms with van der Waals surface area (Å²) in [5.74, 6) is -2.44. The van der Waals surface area contributed by atoms with Gasteiger partial charge in [-0.05, 0) is 48.9 Å². The normalized spacial score (nSPS) is 24.2. The minimum absolute atomic E-state index is 0.00748. The first-order valence-corrected chi connectivity index (χ1v) is 25.1. The van der Waals surface area contributed by atoms with Gasteiger partial charge in [0.25, 0.3) is 0 Å². The fraction of sp³-hybridized carbons (Fsp3) is 0.750. The lowest BCUT2D eigenvalue weighted by Gasteiger charge is -2.42. The highest BCUT2D eigenvalue weighted by Gasteiger charge is 2.46. The van der Waals surface area contributed by atoms with Gasteiger partial charge in [0.15, 0.2) is 12.6 Å². The molecular weight excluding hydrogens is 965 g/mol. The van der Waals surface area contributed by atoms with Gasteiger partial charge in [-0.25, -0.2) is 0 Å². The Kier molecular flexibility index (Phi) is 30.0. The van der Waals surface area contributed by atoms with E-state index in [1.807, 2.05) is 19.1 Å². The Morgan fingerprint density at radius 3 is 1.58 bits per heavy atom. The fourth-order valence-electron chi connectivity index (χ4n) is 8.04. The quantitative estimate of drug-likeness (QED) is 0.0307. The van der Waals surface area contributed by atoms with Crippen LogP contribution < -0.4 is 31.9 Å². The predicted octanol–water partition coefficient (Wildman–Crippen LogP) is -2.75. The Morgan fingerprint density at radius 2 is 1.08 bits per heavy atom. The maximum absolute atomic E-state index is 13.3. The molecule has 1 aromatic carbocycles. The largest absolute Gasteiger partial charge is 0.394 e. The van der Waals surface area contributed by atoms with Crippen LogP contribution in [-0.4, -0.2) is 204 Å². The van der Waals surface area contributed by atoms with Crippen molar-refractivity contribution in [2.75, 3.05) is 71.3 Å². The van der Waals surface area contributed by atoms with Crippen LogP contribution in [0.3, 0.4) is 0 Å². The number of carbonyl (C=O) groups is 6. The number of aryl methyl sites for hydroxylation is 1. The van der Waals surface area contributed by atoms with Crippen LogP contribution in [-0.2, 0) is 70.2 Å². The lowest BCUT2D eigenvalue weighted by atomic mass is 9.97. The zero-order valence-electron chi connectivity index (χ0n) is 42.2. The second-order valence-corrected chi connectivity index (χ2v) is 17.9. The smallest absolute Gasteiger partial charge is 0.242 e. The molecule has 6 amide bonds. The predicted molar refractivity (Wildman–Crippen MR) is 259 cm³/mol. The van der Waals surface area contributed by atoms with Gasteiger partial charge in [-0.1, -0.05) is 38.7 Å². The fourth-order valence-corrected chi connectivity index (χ4v) is 8.04. The Bertz CT molecular complexity index is 1810. The van der Waals surface area contributed by atoms with Crippen LogP contribution in [0.1, 0.15) is 96.1 Å². The third-order valence-electron chi connectivity index (χ3n) is 11.9. The van der Waals surface area contributed by atoms with Gasteiger partial charge in [0, 0.05) is 51.9 Å². The number of ether oxygens (including phenoxy) is 6. The number of aliphatic hydroxyl groups excluding tert-OH is 7. The summed E-state index contributed by atoms with van der Waals surface area (Å²) in [6.07, 6.45) is -4.91. The molecule has 73 heavy (non-hydrogen) atoms. The molecule has 11 atom stereocenters. The van der Waals surface area contributed by atoms with Crippen molar-refractivity contribution in [3.8, 4) is 0 Å². The van der Waals surface area contributed by atoms with Crippen LogP contribution >= 0.6 is 0 Å². The Labute approximate surface area is 425 Å². The first-order chi connectivity index (χ1) is 35.0. The number of amides is 6. The first-order valence-electron chi connectivity index (χ1n) is 25.1. The van der Waals surface area contributed by atoms with Gasteiger partial charge in [-0.3, -0.25) is 28.8 Å². The molecule has 2 aliphatic heterocycles. The molecule has 0 aliphatic carbocycles. The van der Waals surface area contributed by atoms with E-state index >= 15 is 0 Å². The molecule has 2 saturated heterocycles. The molecule has 25 nitrogen and oxygen atoms in total. The summed E-state index contributed by atoms with van der Waals surface area (Å²) in [6, 6.07) is 2.27. The molecule has 416 valence electrons. The summed E-state index contributed by atoms with van der Waals surface area (Å²) >= 11 is 0. The SMILES string of the molecule is CCc1cc(CO)cc(NC(=O)CCCCCCCCC(=O)N[C@H](CCC(=O)NCCOCCOC2O[C@H](CO)[C@H](O)[C@H](O)[C@H]2NC(C)=O)C(=O)NCCOCCOC2O[C@H](CO)[C@H](O)[C@H](O)[C@H]2NC(C)=O)c1. The molecule has 2 fully saturated rings. The molecule has 0 spiro atoms. The van der Waals surface area contributed by atoms with Crippen molar-refractivity contribution in [2.24, 2.45) is 0 Å². The van der Waals surface area contributed by atoms with E-state index in [0.717, 1.165) is 43.2 Å². The van der Waals surface area contributed by atoms with Crippen LogP contribution in [0.15, 0.2) is 18.2 Å². The Balaban J connectivity index is 1.41. The van der Waals surface area contributed by atoms with Crippen molar-refractivity contribution >= 4 is 41.1 Å². The average molecular weight is 1050 g/mol. The summed E-state index contributed by atoms with van der Waals surface area (Å²) in [5.41, 5.74) is 2.43. The monoisotopic (exact) mass is 1040 g/mol. The summed E-state index contributed by atoms with van der Waals surface area (Å²) in [6.45, 7) is 3.19. The number of nitrogens with one attached hydrogen (secondary N) is 6. The maximum atomic E-state index is 13.3. The molecular formula is C48H80N6O19. The van der Waals surface area contributed by atoms with E-state index in [2.05, 4.69) is 31.9 Å². The lowest BCUT2D eigenvalue weighted by molar-refractivity contribution is -0.272. The highest BCUT2D eigenvalue weighted by Crippen LogP contribution is 2.24. The molecule has 2 aliphatic rings. The van der Waals surface area contributed by atoms with E-state index in [9.17, 15) is 64.5 Å². The summed E-state index contributed by atoms with van der Waals surface area (Å²) in [5, 5.41) is 85.7. The van der Waals surface area contributed by atoms with Gasteiger partial charge in [0.05, 0.1) is 59.5 Å². The molecule has 0 saturated carbocycles. The van der Waals surface area contributed by atoms with Gasteiger partial charge in [-0.15, -0.1) is 0 Å². The maximum Gasteiger partial charge on any atom is 0.242 e. The van der Waals surface area contributed by atoms with Crippen molar-refractivity contribution in [1.29, 1.82) is 0 Å². The van der Waals surface area contributed by atoms with Crippen molar-refractivity contribution in [3.63, 3.8) is 0 Å². The number of rotatable bonds is 35. The van der Waals surface area contributed by atoms with E-state index in [-0.39, 0.29) is 90.4 Å². The topological polar surface area (TPSA) is 372 Å². The zero-order valence-corrected chi connectivity index (χ0v) is 42.2. The van der Waals surface area contributed by atoms with E-state index in [4.69, 9.17) is 28.4 Å². The summed E-state index contributed by atoms with van der Waals surface area (Å²) in [7, 11) is 0. The van der Waals surface area contributed by atoms with Crippen molar-refractivity contribution in [2.45, 2.75) is 165 Å². The van der Waals surface area contributed by atoms with E-state index in [1.54, 1.807) is 6.07 Å². The first kappa shape index (κ1) is 62.8. The minimum Gasteiger partial charge on any atom is -0.394 e. The number of anilines is 1. The summed E-state index contributed by atoms with van der Waals surface area (Å²) < 4.78 is 33.3. The molecule has 0 aromatic heterocycles. The van der Waals surface area contributed by atoms with Gasteiger partial charge in [0.1, 0.15) is 54.7 Å². The van der Waals surface area contributed by atoms with Gasteiger partial charge >= 0.3 is 0 Å². The van der Waals surface area contributed by atoms with Crippen LogP contribution in [0.4, 0.5) is 5.69 Å². The minimum atomic E-state index is -1.48. The molecule has 3 rings (SSSR count). The average Bonchev–Trinajstić information content (AvgIpc) is 3.36. The zero-order chi connectivity index (χ0) is 53.7. The number of benzene rings is 1. The number of hydrogen-bond donors (Lipinski definition) is 13. The third-order valence-corrected chi connectivity index (χ3v) is 11.9. The van der Waals surface area contributed by atoms with Gasteiger partial charge in [0.2, 0.25) is 35.4 Å². The van der Waals surface area contributed by atoms with Crippen LogP contribution in [0.2, 0.25) is 0 Å². The van der Waals surface area contributed by atoms with E-state index < -0.39 is 104 Å². The molecule has 25 heteroatoms. The lowest BCUT2D eigenvalue weighted by Crippen LogP contribution is -2.64. The molecule has 2 heterocycles. The molecule has 13 N–H and O–H groups in total. The Morgan fingerprint density at radius 1 is 0.589 bits per heavy atom. The van der Waals surface area contributed by atoms with Crippen molar-refractivity contribution < 1.29 is 92.9 Å². The van der Waals surface area contributed by atoms with E-state index in [1.165, 1.54) is 13.8 Å². The van der Waals surface area contributed by atoms with Crippen LogP contribution in [0, 0.1) is 0 Å². The molecule has 1 aromatic rings. The highest BCUT2D eigenvalue weighted by molar-refractivity contribution is 5.91. The number of aliphatic hydroxyl groups is 7. The van der Waals surface area contributed by atoms with Crippen LogP contribution in [0.25, 0.3) is 0 Å². The highest BCUT2D eigenvalue weighted by atomic mass is 16.7. The third kappa shape index (κ3) is 23.3. The molecule has 2 unspecified atom stereocenters. The second kappa shape index (κ2) is 34.9. The number of hydrogen-bond acceptors (Lipinski definition) is 19. The van der Waals surface area contributed by atoms with Gasteiger partial charge < -0.3 is 96.1 Å². The standard InChI is InChI=1S/C48H80N6O19/c1-4-31-23-32(26-55)25-33(24-31)53-38(61)11-9-7-5-6-8-10-12-39(62)54-34(46(67)50-16-18-69-20-22-71-48-41(52-30(3)59)45(66)43(64)36(28-57)73-48)13-14-37(60)49-15-17-68-19-21-70-47-40(51-29(2)58)44(65)42(63)35(27-56)72-47/h23-25,34-36,40-45,47-48,55-57,63-66H,4-22,26-28H2,1-3H3,(H,49,60)(H,50,67)(H,51,58)(H,52,59)(H,53,61)(H,54,62)/t34-,35-,36-,40-,41-,42+,43+,44-,45-,47?,48?/m1/s1. The summed E-state index contributed by atoms with van der Waals surface area (Å²) in [4.78, 5) is 75.0. The Hall–Kier alpha value is -4.48. The van der Waals surface area contributed by atoms with Gasteiger partial charge in [-0.2, -0.15) is 0 Å². The van der Waals surface area contributed by atoms with Crippen molar-refractivity contribution in [1.82, 2.24) is 26.6 Å². The van der Waals surface area contributed by atoms with E-state index in [0.29, 0.717) is 24.9 Å². The van der Waals surface area contributed by atoms with Crippen molar-refractivity contribution in [3.05, 3.63) is 29.3 Å². The van der Waals surface area contributed by atoms with Crippen LogP contribution in [0.5, 0.6) is 0 Å².